The molecule has 146 valence electrons. The van der Waals surface area contributed by atoms with Crippen LogP contribution in [0.4, 0.5) is 5.69 Å². The van der Waals surface area contributed by atoms with Crippen molar-refractivity contribution < 1.29 is 4.79 Å². The Morgan fingerprint density at radius 2 is 2.07 bits per heavy atom. The first-order valence-electron chi connectivity index (χ1n) is 9.67. The molecule has 1 saturated carbocycles. The summed E-state index contributed by atoms with van der Waals surface area (Å²) in [6, 6.07) is 12.7. The van der Waals surface area contributed by atoms with E-state index in [1.165, 1.54) is 17.3 Å². The fourth-order valence-corrected chi connectivity index (χ4v) is 4.58. The molecule has 0 unspecified atom stereocenters. The second-order valence-electron chi connectivity index (χ2n) is 7.15. The first-order chi connectivity index (χ1) is 13.7. The van der Waals surface area contributed by atoms with E-state index in [0.717, 1.165) is 40.8 Å². The van der Waals surface area contributed by atoms with Crippen molar-refractivity contribution in [2.75, 3.05) is 11.1 Å². The zero-order valence-electron chi connectivity index (χ0n) is 16.1. The summed E-state index contributed by atoms with van der Waals surface area (Å²) < 4.78 is 2.20. The molecule has 0 aliphatic heterocycles. The number of nitrogens with one attached hydrogen (secondary N) is 1. The summed E-state index contributed by atoms with van der Waals surface area (Å²) in [5.74, 6) is 1.75. The molecule has 2 aromatic heterocycles. The maximum absolute atomic E-state index is 12.4. The van der Waals surface area contributed by atoms with E-state index < -0.39 is 0 Å². The largest absolute Gasteiger partial charge is 0.325 e. The molecule has 0 spiro atoms. The van der Waals surface area contributed by atoms with Gasteiger partial charge >= 0.3 is 0 Å². The monoisotopic (exact) mass is 412 g/mol. The number of aromatic nitrogens is 3. The van der Waals surface area contributed by atoms with Crippen molar-refractivity contribution in [3.8, 4) is 10.7 Å². The highest BCUT2D eigenvalue weighted by Gasteiger charge is 2.30. The van der Waals surface area contributed by atoms with Gasteiger partial charge in [0, 0.05) is 11.7 Å². The molecule has 1 aliphatic rings. The Labute approximate surface area is 173 Å². The van der Waals surface area contributed by atoms with E-state index in [1.807, 2.05) is 23.6 Å². The number of nitrogens with zero attached hydrogens (tertiary/aromatic N) is 3. The Bertz CT molecular complexity index is 930. The second-order valence-corrected chi connectivity index (χ2v) is 9.04. The third-order valence-corrected chi connectivity index (χ3v) is 6.84. The van der Waals surface area contributed by atoms with Crippen molar-refractivity contribution in [3.05, 3.63) is 47.3 Å². The van der Waals surface area contributed by atoms with Crippen LogP contribution < -0.4 is 5.32 Å². The summed E-state index contributed by atoms with van der Waals surface area (Å²) in [7, 11) is 0. The van der Waals surface area contributed by atoms with Crippen molar-refractivity contribution in [1.82, 2.24) is 14.8 Å². The summed E-state index contributed by atoms with van der Waals surface area (Å²) in [6.45, 7) is 4.40. The lowest BCUT2D eigenvalue weighted by molar-refractivity contribution is -0.113. The summed E-state index contributed by atoms with van der Waals surface area (Å²) >= 11 is 3.12. The molecule has 4 rings (SSSR count). The van der Waals surface area contributed by atoms with E-state index in [1.54, 1.807) is 11.3 Å². The Kier molecular flexibility index (Phi) is 5.82. The lowest BCUT2D eigenvalue weighted by atomic mass is 9.99. The highest BCUT2D eigenvalue weighted by molar-refractivity contribution is 7.99. The Hall–Kier alpha value is -2.12. The number of thioether (sulfide) groups is 1. The first-order valence-corrected chi connectivity index (χ1v) is 11.5. The minimum Gasteiger partial charge on any atom is -0.325 e. The molecule has 1 fully saturated rings. The Morgan fingerprint density at radius 1 is 1.29 bits per heavy atom. The predicted molar refractivity (Wildman–Crippen MR) is 116 cm³/mol. The zero-order chi connectivity index (χ0) is 19.5. The minimum absolute atomic E-state index is 0.0238. The van der Waals surface area contributed by atoms with Crippen LogP contribution in [0, 0.1) is 0 Å². The van der Waals surface area contributed by atoms with Gasteiger partial charge in [-0.1, -0.05) is 43.8 Å². The molecule has 0 radical (unpaired) electrons. The number of carbonyl (C=O) groups excluding carboxylic acids is 1. The molecule has 1 aromatic carbocycles. The smallest absolute Gasteiger partial charge is 0.234 e. The second kappa shape index (κ2) is 8.49. The van der Waals surface area contributed by atoms with Crippen molar-refractivity contribution in [2.24, 2.45) is 0 Å². The molecule has 0 bridgehead atoms. The quantitative estimate of drug-likeness (QED) is 0.490. The molecule has 5 nitrogen and oxygen atoms in total. The van der Waals surface area contributed by atoms with Crippen molar-refractivity contribution in [3.63, 3.8) is 0 Å². The molecule has 2 heterocycles. The van der Waals surface area contributed by atoms with Gasteiger partial charge in [0.25, 0.3) is 0 Å². The fourth-order valence-electron chi connectivity index (χ4n) is 3.07. The molecule has 1 atom stereocenters. The molecule has 28 heavy (non-hydrogen) atoms. The minimum atomic E-state index is -0.0238. The van der Waals surface area contributed by atoms with Crippen LogP contribution in [0.1, 0.15) is 50.6 Å². The standard InChI is InChI=1S/C21H24N4OS2/c1-3-14(2)15-6-8-16(9-7-15)22-19(26)13-28-21-24-23-20(18-5-4-12-27-18)25(21)17-10-11-17/h4-9,12,14,17H,3,10-11,13H2,1-2H3,(H,22,26)/t14-/m1/s1. The zero-order valence-corrected chi connectivity index (χ0v) is 17.7. The molecule has 3 aromatic rings. The van der Waals surface area contributed by atoms with Crippen LogP contribution in [-0.4, -0.2) is 26.4 Å². The van der Waals surface area contributed by atoms with Crippen LogP contribution in [-0.2, 0) is 4.79 Å². The van der Waals surface area contributed by atoms with Gasteiger partial charge in [0.2, 0.25) is 5.91 Å². The number of hydrogen-bond acceptors (Lipinski definition) is 5. The van der Waals surface area contributed by atoms with Gasteiger partial charge in [-0.3, -0.25) is 9.36 Å². The number of anilines is 1. The SMILES string of the molecule is CC[C@@H](C)c1ccc(NC(=O)CSc2nnc(-c3cccs3)n2C2CC2)cc1. The number of amides is 1. The average Bonchev–Trinajstić information content (AvgIpc) is 3.23. The summed E-state index contributed by atoms with van der Waals surface area (Å²) in [6.07, 6.45) is 3.41. The number of benzene rings is 1. The van der Waals surface area contributed by atoms with Crippen LogP contribution in [0.25, 0.3) is 10.7 Å². The van der Waals surface area contributed by atoms with Crippen molar-refractivity contribution in [1.29, 1.82) is 0 Å². The average molecular weight is 413 g/mol. The molecular weight excluding hydrogens is 388 g/mol. The van der Waals surface area contributed by atoms with E-state index >= 15 is 0 Å². The summed E-state index contributed by atoms with van der Waals surface area (Å²) in [5.41, 5.74) is 2.13. The van der Waals surface area contributed by atoms with Gasteiger partial charge in [0.1, 0.15) is 0 Å². The molecule has 0 saturated heterocycles. The van der Waals surface area contributed by atoms with Crippen LogP contribution in [0.3, 0.4) is 0 Å². The van der Waals surface area contributed by atoms with Crippen LogP contribution in [0.5, 0.6) is 0 Å². The number of rotatable bonds is 8. The third-order valence-electron chi connectivity index (χ3n) is 5.03. The van der Waals surface area contributed by atoms with Gasteiger partial charge < -0.3 is 5.32 Å². The fraction of sp³-hybridized carbons (Fsp3) is 0.381. The van der Waals surface area contributed by atoms with Crippen LogP contribution in [0.15, 0.2) is 46.9 Å². The highest BCUT2D eigenvalue weighted by Crippen LogP contribution is 2.41. The molecular formula is C21H24N4OS2. The third kappa shape index (κ3) is 4.31. The lowest BCUT2D eigenvalue weighted by Crippen LogP contribution is -2.14. The van der Waals surface area contributed by atoms with Gasteiger partial charge in [0.15, 0.2) is 11.0 Å². The number of thiophene rings is 1. The summed E-state index contributed by atoms with van der Waals surface area (Å²) in [5, 5.41) is 14.6. The van der Waals surface area contributed by atoms with Crippen LogP contribution >= 0.6 is 23.1 Å². The number of hydrogen-bond donors (Lipinski definition) is 1. The predicted octanol–water partition coefficient (Wildman–Crippen LogP) is 5.59. The van der Waals surface area contributed by atoms with E-state index in [9.17, 15) is 4.79 Å². The maximum Gasteiger partial charge on any atom is 0.234 e. The lowest BCUT2D eigenvalue weighted by Gasteiger charge is -2.11. The van der Waals surface area contributed by atoms with Gasteiger partial charge in [-0.05, 0) is 54.3 Å². The molecule has 7 heteroatoms. The number of carbonyl (C=O) groups is 1. The molecule has 1 aliphatic carbocycles. The van der Waals surface area contributed by atoms with E-state index in [4.69, 9.17) is 0 Å². The summed E-state index contributed by atoms with van der Waals surface area (Å²) in [4.78, 5) is 13.5. The van der Waals surface area contributed by atoms with Crippen molar-refractivity contribution in [2.45, 2.75) is 50.2 Å². The Balaban J connectivity index is 1.39. The van der Waals surface area contributed by atoms with E-state index in [0.29, 0.717) is 17.7 Å². The molecule has 1 N–H and O–H groups in total. The topological polar surface area (TPSA) is 59.8 Å². The van der Waals surface area contributed by atoms with E-state index in [2.05, 4.69) is 52.1 Å². The van der Waals surface area contributed by atoms with Crippen LogP contribution in [0.2, 0.25) is 0 Å². The van der Waals surface area contributed by atoms with E-state index in [-0.39, 0.29) is 5.91 Å². The molecule has 1 amide bonds. The normalized spacial score (nSPS) is 14.8. The highest BCUT2D eigenvalue weighted by atomic mass is 32.2. The first kappa shape index (κ1) is 19.2. The van der Waals surface area contributed by atoms with Gasteiger partial charge in [-0.25, -0.2) is 0 Å². The van der Waals surface area contributed by atoms with Gasteiger partial charge in [-0.2, -0.15) is 0 Å². The van der Waals surface area contributed by atoms with Gasteiger partial charge in [-0.15, -0.1) is 21.5 Å². The maximum atomic E-state index is 12.4. The van der Waals surface area contributed by atoms with Gasteiger partial charge in [0.05, 0.1) is 10.6 Å². The Morgan fingerprint density at radius 3 is 2.71 bits per heavy atom. The van der Waals surface area contributed by atoms with Crippen molar-refractivity contribution >= 4 is 34.7 Å².